The molecule has 0 aromatic heterocycles. The molecule has 0 atom stereocenters. The number of carboxylic acid groups (broad SMARTS) is 1. The van der Waals surface area contributed by atoms with Crippen molar-refractivity contribution < 1.29 is 19.8 Å². The molecule has 0 saturated carbocycles. The molecule has 0 radical (unpaired) electrons. The van der Waals surface area contributed by atoms with Gasteiger partial charge in [0.05, 0.1) is 9.13 Å². The molecule has 0 aliphatic heterocycles. The lowest BCUT2D eigenvalue weighted by Crippen LogP contribution is -2.13. The Morgan fingerprint density at radius 2 is 1.76 bits per heavy atom. The maximum Gasteiger partial charge on any atom is 0.335 e. The van der Waals surface area contributed by atoms with Gasteiger partial charge in [-0.3, -0.25) is 4.79 Å². The van der Waals surface area contributed by atoms with Crippen LogP contribution in [0.4, 0.5) is 5.69 Å². The molecule has 0 heterocycles. The van der Waals surface area contributed by atoms with Crippen molar-refractivity contribution in [1.82, 2.24) is 0 Å². The third-order valence-electron chi connectivity index (χ3n) is 2.93. The number of carbonyl (C=O) groups excluding carboxylic acids is 1. The van der Waals surface area contributed by atoms with Crippen molar-refractivity contribution in [3.63, 3.8) is 0 Å². The van der Waals surface area contributed by atoms with Gasteiger partial charge in [0, 0.05) is 11.3 Å². The molecule has 2 aromatic carbocycles. The average molecular weight is 397 g/mol. The predicted octanol–water partition coefficient (Wildman–Crippen LogP) is 3.26. The van der Waals surface area contributed by atoms with Crippen LogP contribution in [0, 0.1) is 10.5 Å². The molecule has 0 fully saturated rings. The first-order chi connectivity index (χ1) is 9.88. The van der Waals surface area contributed by atoms with Crippen LogP contribution < -0.4 is 5.32 Å². The number of rotatable bonds is 3. The van der Waals surface area contributed by atoms with Crippen LogP contribution in [0.3, 0.4) is 0 Å². The molecule has 0 aliphatic carbocycles. The molecule has 0 spiro atoms. The number of amides is 1. The van der Waals surface area contributed by atoms with Gasteiger partial charge >= 0.3 is 5.97 Å². The van der Waals surface area contributed by atoms with Crippen LogP contribution in [-0.4, -0.2) is 22.1 Å². The van der Waals surface area contributed by atoms with Gasteiger partial charge < -0.3 is 15.5 Å². The van der Waals surface area contributed by atoms with Crippen molar-refractivity contribution in [3.8, 4) is 5.75 Å². The van der Waals surface area contributed by atoms with Crippen molar-refractivity contribution in [2.75, 3.05) is 5.32 Å². The van der Waals surface area contributed by atoms with Crippen LogP contribution in [0.5, 0.6) is 5.75 Å². The summed E-state index contributed by atoms with van der Waals surface area (Å²) in [5, 5.41) is 21.2. The van der Waals surface area contributed by atoms with Gasteiger partial charge in [-0.25, -0.2) is 4.79 Å². The summed E-state index contributed by atoms with van der Waals surface area (Å²) in [7, 11) is 0. The first-order valence-electron chi connectivity index (χ1n) is 6.02. The lowest BCUT2D eigenvalue weighted by molar-refractivity contribution is 0.0696. The maximum absolute atomic E-state index is 12.1. The van der Waals surface area contributed by atoms with Gasteiger partial charge in [-0.2, -0.15) is 0 Å². The molecule has 0 aliphatic rings. The summed E-state index contributed by atoms with van der Waals surface area (Å²) in [6.45, 7) is 1.72. The number of carboxylic acids is 1. The summed E-state index contributed by atoms with van der Waals surface area (Å²) >= 11 is 1.97. The number of benzene rings is 2. The highest BCUT2D eigenvalue weighted by molar-refractivity contribution is 14.1. The van der Waals surface area contributed by atoms with Crippen molar-refractivity contribution in [2.45, 2.75) is 6.92 Å². The summed E-state index contributed by atoms with van der Waals surface area (Å²) < 4.78 is 0.658. The van der Waals surface area contributed by atoms with Crippen LogP contribution >= 0.6 is 22.6 Å². The van der Waals surface area contributed by atoms with Gasteiger partial charge in [-0.05, 0) is 71.5 Å². The highest BCUT2D eigenvalue weighted by atomic mass is 127. The molecule has 6 heteroatoms. The zero-order chi connectivity index (χ0) is 15.6. The van der Waals surface area contributed by atoms with Crippen molar-refractivity contribution in [3.05, 3.63) is 56.7 Å². The third kappa shape index (κ3) is 3.52. The minimum atomic E-state index is -1.02. The van der Waals surface area contributed by atoms with E-state index in [1.807, 2.05) is 22.6 Å². The van der Waals surface area contributed by atoms with Crippen LogP contribution in [0.25, 0.3) is 0 Å². The van der Waals surface area contributed by atoms with Crippen molar-refractivity contribution in [2.24, 2.45) is 0 Å². The molecule has 108 valence electrons. The SMILES string of the molecule is Cc1cc(C(=O)O)ccc1NC(=O)c1ccc(I)c(O)c1. The molecule has 0 bridgehead atoms. The summed E-state index contributed by atoms with van der Waals surface area (Å²) in [4.78, 5) is 23.0. The Morgan fingerprint density at radius 3 is 2.33 bits per heavy atom. The number of halogens is 1. The standard InChI is InChI=1S/C15H12INO4/c1-8-6-10(15(20)21)3-5-12(8)17-14(19)9-2-4-11(16)13(18)7-9/h2-7,18H,1H3,(H,17,19)(H,20,21). The zero-order valence-corrected chi connectivity index (χ0v) is 13.2. The number of aromatic carboxylic acids is 1. The Balaban J connectivity index is 2.23. The molecular formula is C15H12INO4. The van der Waals surface area contributed by atoms with Crippen LogP contribution in [-0.2, 0) is 0 Å². The number of aromatic hydroxyl groups is 1. The number of anilines is 1. The van der Waals surface area contributed by atoms with Crippen LogP contribution in [0.15, 0.2) is 36.4 Å². The zero-order valence-electron chi connectivity index (χ0n) is 11.1. The quantitative estimate of drug-likeness (QED) is 0.695. The fourth-order valence-electron chi connectivity index (χ4n) is 1.79. The first-order valence-corrected chi connectivity index (χ1v) is 7.10. The highest BCUT2D eigenvalue weighted by Crippen LogP contribution is 2.22. The second-order valence-electron chi connectivity index (χ2n) is 4.46. The van der Waals surface area contributed by atoms with Gasteiger partial charge in [-0.1, -0.05) is 0 Å². The number of aryl methyl sites for hydroxylation is 1. The predicted molar refractivity (Wildman–Crippen MR) is 86.9 cm³/mol. The molecule has 21 heavy (non-hydrogen) atoms. The van der Waals surface area contributed by atoms with E-state index >= 15 is 0 Å². The highest BCUT2D eigenvalue weighted by Gasteiger charge is 2.11. The number of hydrogen-bond donors (Lipinski definition) is 3. The Hall–Kier alpha value is -2.09. The minimum absolute atomic E-state index is 0.0428. The number of phenols is 1. The Bertz CT molecular complexity index is 728. The van der Waals surface area contributed by atoms with E-state index in [-0.39, 0.29) is 17.2 Å². The molecule has 2 rings (SSSR count). The lowest BCUT2D eigenvalue weighted by Gasteiger charge is -2.09. The van der Waals surface area contributed by atoms with E-state index in [9.17, 15) is 14.7 Å². The summed E-state index contributed by atoms with van der Waals surface area (Å²) in [6, 6.07) is 9.10. The van der Waals surface area contributed by atoms with E-state index in [4.69, 9.17) is 5.11 Å². The summed E-state index contributed by atoms with van der Waals surface area (Å²) in [5.74, 6) is -1.34. The molecule has 2 aromatic rings. The number of carbonyl (C=O) groups is 2. The van der Waals surface area contributed by atoms with Crippen molar-refractivity contribution >= 4 is 40.2 Å². The lowest BCUT2D eigenvalue weighted by atomic mass is 10.1. The second kappa shape index (κ2) is 6.13. The Morgan fingerprint density at radius 1 is 1.10 bits per heavy atom. The number of phenolic OH excluding ortho intramolecular Hbond substituents is 1. The molecule has 0 saturated heterocycles. The fraction of sp³-hybridized carbons (Fsp3) is 0.0667. The summed E-state index contributed by atoms with van der Waals surface area (Å²) in [5.41, 5.74) is 1.67. The van der Waals surface area contributed by atoms with E-state index in [0.29, 0.717) is 20.4 Å². The van der Waals surface area contributed by atoms with Gasteiger partial charge in [0.1, 0.15) is 5.75 Å². The van der Waals surface area contributed by atoms with E-state index in [1.54, 1.807) is 25.1 Å². The smallest absolute Gasteiger partial charge is 0.335 e. The van der Waals surface area contributed by atoms with E-state index < -0.39 is 5.97 Å². The Labute approximate surface area is 134 Å². The van der Waals surface area contributed by atoms with Crippen LogP contribution in [0.1, 0.15) is 26.3 Å². The maximum atomic E-state index is 12.1. The number of nitrogens with one attached hydrogen (secondary N) is 1. The van der Waals surface area contributed by atoms with Crippen LogP contribution in [0.2, 0.25) is 0 Å². The molecule has 1 amide bonds. The third-order valence-corrected chi connectivity index (χ3v) is 3.84. The summed E-state index contributed by atoms with van der Waals surface area (Å²) in [6.07, 6.45) is 0. The fourth-order valence-corrected chi connectivity index (χ4v) is 2.12. The van der Waals surface area contributed by atoms with Gasteiger partial charge in [0.25, 0.3) is 5.91 Å². The largest absolute Gasteiger partial charge is 0.507 e. The second-order valence-corrected chi connectivity index (χ2v) is 5.62. The molecule has 0 unspecified atom stereocenters. The van der Waals surface area contributed by atoms with Gasteiger partial charge in [0.2, 0.25) is 0 Å². The molecular weight excluding hydrogens is 385 g/mol. The normalized spacial score (nSPS) is 10.2. The number of hydrogen-bond acceptors (Lipinski definition) is 3. The van der Waals surface area contributed by atoms with Gasteiger partial charge in [-0.15, -0.1) is 0 Å². The minimum Gasteiger partial charge on any atom is -0.507 e. The molecule has 3 N–H and O–H groups in total. The monoisotopic (exact) mass is 397 g/mol. The Kier molecular flexibility index (Phi) is 4.46. The van der Waals surface area contributed by atoms with Crippen molar-refractivity contribution in [1.29, 1.82) is 0 Å². The topological polar surface area (TPSA) is 86.6 Å². The first kappa shape index (κ1) is 15.3. The van der Waals surface area contributed by atoms with E-state index in [2.05, 4.69) is 5.32 Å². The average Bonchev–Trinajstić information content (AvgIpc) is 2.43. The van der Waals surface area contributed by atoms with E-state index in [1.165, 1.54) is 18.2 Å². The molecule has 5 nitrogen and oxygen atoms in total. The van der Waals surface area contributed by atoms with Gasteiger partial charge in [0.15, 0.2) is 0 Å². The van der Waals surface area contributed by atoms with E-state index in [0.717, 1.165) is 0 Å².